The van der Waals surface area contributed by atoms with Gasteiger partial charge < -0.3 is 9.84 Å². The van der Waals surface area contributed by atoms with Crippen molar-refractivity contribution in [3.63, 3.8) is 0 Å². The Hall–Kier alpha value is -1.32. The molecule has 1 N–H and O–H groups in total. The molecule has 39 heavy (non-hydrogen) atoms. The lowest BCUT2D eigenvalue weighted by molar-refractivity contribution is -0.153. The predicted molar refractivity (Wildman–Crippen MR) is 167 cm³/mol. The lowest BCUT2D eigenvalue weighted by Crippen LogP contribution is -2.20. The molecule has 0 aromatic heterocycles. The van der Waals surface area contributed by atoms with Crippen LogP contribution in [0.15, 0.2) is 12.2 Å². The normalized spacial score (nSPS) is 12.3. The van der Waals surface area contributed by atoms with Crippen molar-refractivity contribution in [2.75, 3.05) is 6.61 Å². The summed E-state index contributed by atoms with van der Waals surface area (Å²) in [5.74, 6) is -1.90. The highest BCUT2D eigenvalue weighted by Gasteiger charge is 2.21. The van der Waals surface area contributed by atoms with Gasteiger partial charge in [0.2, 0.25) is 0 Å². The van der Waals surface area contributed by atoms with Crippen molar-refractivity contribution >= 4 is 11.9 Å². The van der Waals surface area contributed by atoms with Gasteiger partial charge in [-0.3, -0.25) is 9.59 Å². The number of esters is 1. The van der Waals surface area contributed by atoms with E-state index in [-0.39, 0.29) is 12.4 Å². The summed E-state index contributed by atoms with van der Waals surface area (Å²) in [5, 5.41) is 9.02. The van der Waals surface area contributed by atoms with Gasteiger partial charge >= 0.3 is 11.9 Å². The van der Waals surface area contributed by atoms with Gasteiger partial charge in [-0.15, -0.1) is 0 Å². The number of carbonyl (C=O) groups excluding carboxylic acids is 1. The highest BCUT2D eigenvalue weighted by atomic mass is 16.5. The number of hydrogen-bond donors (Lipinski definition) is 1. The minimum atomic E-state index is -0.948. The molecule has 230 valence electrons. The van der Waals surface area contributed by atoms with Gasteiger partial charge in [0, 0.05) is 0 Å². The third-order valence-electron chi connectivity index (χ3n) is 7.76. The minimum Gasteiger partial charge on any atom is -0.481 e. The van der Waals surface area contributed by atoms with Crippen LogP contribution in [0.3, 0.4) is 0 Å². The minimum absolute atomic E-state index is 0.160. The summed E-state index contributed by atoms with van der Waals surface area (Å²) in [5.41, 5.74) is 0. The molecule has 4 heteroatoms. The molecule has 0 saturated heterocycles. The van der Waals surface area contributed by atoms with Gasteiger partial charge in [-0.2, -0.15) is 0 Å². The second-order valence-corrected chi connectivity index (χ2v) is 11.7. The third kappa shape index (κ3) is 29.5. The van der Waals surface area contributed by atoms with Crippen molar-refractivity contribution in [1.82, 2.24) is 0 Å². The second kappa shape index (κ2) is 31.2. The molecule has 1 atom stereocenters. The molecule has 1 unspecified atom stereocenters. The van der Waals surface area contributed by atoms with Crippen molar-refractivity contribution < 1.29 is 19.4 Å². The Kier molecular flexibility index (Phi) is 30.2. The Labute approximate surface area is 243 Å². The molecular weight excluding hydrogens is 484 g/mol. The maximum atomic E-state index is 12.0. The van der Waals surface area contributed by atoms with Crippen molar-refractivity contribution in [3.8, 4) is 0 Å². The predicted octanol–water partition coefficient (Wildman–Crippen LogP) is 11.4. The monoisotopic (exact) mass is 550 g/mol. The zero-order valence-corrected chi connectivity index (χ0v) is 26.2. The van der Waals surface area contributed by atoms with Crippen LogP contribution in [0.4, 0.5) is 0 Å². The first-order valence-corrected chi connectivity index (χ1v) is 17.1. The van der Waals surface area contributed by atoms with E-state index in [0.29, 0.717) is 13.0 Å². The molecule has 0 aromatic rings. The summed E-state index contributed by atoms with van der Waals surface area (Å²) >= 11 is 0. The highest BCUT2D eigenvalue weighted by molar-refractivity contribution is 5.79. The molecule has 0 aromatic carbocycles. The summed E-state index contributed by atoms with van der Waals surface area (Å²) < 4.78 is 5.13. The Bertz CT molecular complexity index is 557. The molecule has 0 aliphatic heterocycles. The molecular formula is C35H66O4. The quantitative estimate of drug-likeness (QED) is 0.0529. The van der Waals surface area contributed by atoms with E-state index in [1.165, 1.54) is 148 Å². The first kappa shape index (κ1) is 37.7. The fraction of sp³-hybridized carbons (Fsp3) is 0.886. The van der Waals surface area contributed by atoms with Gasteiger partial charge in [0.15, 0.2) is 0 Å². The number of hydrogen-bond acceptors (Lipinski definition) is 3. The summed E-state index contributed by atoms with van der Waals surface area (Å²) in [4.78, 5) is 23.0. The number of carboxylic acid groups (broad SMARTS) is 1. The average Bonchev–Trinajstić information content (AvgIpc) is 2.92. The maximum absolute atomic E-state index is 12.0. The van der Waals surface area contributed by atoms with E-state index < -0.39 is 11.9 Å². The number of unbranched alkanes of at least 4 members (excludes halogenated alkanes) is 23. The Morgan fingerprint density at radius 3 is 1.31 bits per heavy atom. The van der Waals surface area contributed by atoms with Crippen LogP contribution in [0.2, 0.25) is 0 Å². The summed E-state index contributed by atoms with van der Waals surface area (Å²) in [6.07, 6.45) is 38.3. The first-order valence-electron chi connectivity index (χ1n) is 17.1. The summed E-state index contributed by atoms with van der Waals surface area (Å²) in [6, 6.07) is 0. The first-order chi connectivity index (χ1) is 19.1. The number of aliphatic carboxylic acids is 1. The van der Waals surface area contributed by atoms with Crippen LogP contribution in [-0.2, 0) is 14.3 Å². The number of allylic oxidation sites excluding steroid dienone is 2. The van der Waals surface area contributed by atoms with Crippen molar-refractivity contribution in [1.29, 1.82) is 0 Å². The molecule has 0 rings (SSSR count). The van der Waals surface area contributed by atoms with Gasteiger partial charge in [0.1, 0.15) is 0 Å². The summed E-state index contributed by atoms with van der Waals surface area (Å²) in [7, 11) is 0. The van der Waals surface area contributed by atoms with Crippen LogP contribution in [0.25, 0.3) is 0 Å². The molecule has 0 aliphatic carbocycles. The van der Waals surface area contributed by atoms with E-state index in [1.54, 1.807) is 0 Å². The molecule has 0 amide bonds. The molecule has 0 aliphatic rings. The number of carboxylic acids is 1. The molecule has 0 radical (unpaired) electrons. The Balaban J connectivity index is 3.36. The maximum Gasteiger partial charge on any atom is 0.309 e. The third-order valence-corrected chi connectivity index (χ3v) is 7.76. The van der Waals surface area contributed by atoms with Crippen LogP contribution < -0.4 is 0 Å². The van der Waals surface area contributed by atoms with E-state index in [9.17, 15) is 9.59 Å². The van der Waals surface area contributed by atoms with E-state index in [2.05, 4.69) is 13.0 Å². The molecule has 4 nitrogen and oxygen atoms in total. The van der Waals surface area contributed by atoms with Crippen molar-refractivity contribution in [2.45, 2.75) is 187 Å². The fourth-order valence-electron chi connectivity index (χ4n) is 5.22. The zero-order valence-electron chi connectivity index (χ0n) is 26.2. The SMILES string of the molecule is CCCCCCCCCCCCCCCCCCCCCCCCC/C=C/CC(CC(=O)O)C(=O)OCCC. The average molecular weight is 551 g/mol. The van der Waals surface area contributed by atoms with E-state index in [0.717, 1.165) is 12.8 Å². The largest absolute Gasteiger partial charge is 0.481 e. The fourth-order valence-corrected chi connectivity index (χ4v) is 5.22. The van der Waals surface area contributed by atoms with E-state index in [1.807, 2.05) is 13.0 Å². The van der Waals surface area contributed by atoms with E-state index >= 15 is 0 Å². The summed E-state index contributed by atoms with van der Waals surface area (Å²) in [6.45, 7) is 4.58. The topological polar surface area (TPSA) is 63.6 Å². The standard InChI is InChI=1S/C35H66O4/c1-3-5-6-7-8-9-10-11-12-13-14-15-16-17-18-19-20-21-22-23-24-25-26-27-28-29-30-33(32-34(36)37)35(38)39-31-4-2/h28-29,33H,3-27,30-32H2,1-2H3,(H,36,37)/b29-28+. The van der Waals surface area contributed by atoms with Crippen molar-refractivity contribution in [2.24, 2.45) is 5.92 Å². The molecule has 0 fully saturated rings. The van der Waals surface area contributed by atoms with Crippen LogP contribution in [-0.4, -0.2) is 23.7 Å². The zero-order chi connectivity index (χ0) is 28.7. The van der Waals surface area contributed by atoms with Gasteiger partial charge in [-0.05, 0) is 25.7 Å². The number of carbonyl (C=O) groups is 2. The Morgan fingerprint density at radius 2 is 0.949 bits per heavy atom. The lowest BCUT2D eigenvalue weighted by atomic mass is 10.0. The van der Waals surface area contributed by atoms with Gasteiger partial charge in [-0.1, -0.05) is 167 Å². The molecule has 0 saturated carbocycles. The van der Waals surface area contributed by atoms with Crippen LogP contribution >= 0.6 is 0 Å². The number of rotatable bonds is 31. The van der Waals surface area contributed by atoms with Gasteiger partial charge in [0.05, 0.1) is 18.9 Å². The lowest BCUT2D eigenvalue weighted by Gasteiger charge is -2.11. The van der Waals surface area contributed by atoms with E-state index in [4.69, 9.17) is 9.84 Å². The number of ether oxygens (including phenoxy) is 1. The smallest absolute Gasteiger partial charge is 0.309 e. The second-order valence-electron chi connectivity index (χ2n) is 11.7. The van der Waals surface area contributed by atoms with Gasteiger partial charge in [0.25, 0.3) is 0 Å². The molecule has 0 bridgehead atoms. The molecule has 0 spiro atoms. The molecule has 0 heterocycles. The van der Waals surface area contributed by atoms with Crippen molar-refractivity contribution in [3.05, 3.63) is 12.2 Å². The highest BCUT2D eigenvalue weighted by Crippen LogP contribution is 2.16. The van der Waals surface area contributed by atoms with Gasteiger partial charge in [-0.25, -0.2) is 0 Å². The van der Waals surface area contributed by atoms with Crippen LogP contribution in [0, 0.1) is 5.92 Å². The van der Waals surface area contributed by atoms with Crippen LogP contribution in [0.1, 0.15) is 187 Å². The van der Waals surface area contributed by atoms with Crippen LogP contribution in [0.5, 0.6) is 0 Å². The Morgan fingerprint density at radius 1 is 0.564 bits per heavy atom.